The number of aliphatic imine (C=N–C) groups is 1. The summed E-state index contributed by atoms with van der Waals surface area (Å²) < 4.78 is 37.4. The average molecular weight is 411 g/mol. The first-order valence-electron chi connectivity index (χ1n) is 8.12. The predicted octanol–water partition coefficient (Wildman–Crippen LogP) is 3.75. The lowest BCUT2D eigenvalue weighted by Gasteiger charge is -2.26. The molecular weight excluding hydrogens is 395 g/mol. The molecule has 0 spiro atoms. The van der Waals surface area contributed by atoms with Gasteiger partial charge in [0.25, 0.3) is 0 Å². The molecule has 0 aliphatic carbocycles. The highest BCUT2D eigenvalue weighted by molar-refractivity contribution is 8.13. The van der Waals surface area contributed by atoms with Crippen LogP contribution in [-0.4, -0.2) is 37.2 Å². The molecule has 4 nitrogen and oxygen atoms in total. The van der Waals surface area contributed by atoms with Gasteiger partial charge in [-0.15, -0.1) is 0 Å². The first kappa shape index (κ1) is 17.8. The molecule has 2 heterocycles. The van der Waals surface area contributed by atoms with Gasteiger partial charge in [0.05, 0.1) is 23.6 Å². The lowest BCUT2D eigenvalue weighted by molar-refractivity contribution is 0.601. The van der Waals surface area contributed by atoms with Crippen molar-refractivity contribution in [3.63, 3.8) is 0 Å². The molecule has 2 atom stereocenters. The van der Waals surface area contributed by atoms with Crippen molar-refractivity contribution in [2.75, 3.05) is 16.4 Å². The van der Waals surface area contributed by atoms with E-state index in [1.807, 2.05) is 29.2 Å². The zero-order valence-corrected chi connectivity index (χ0v) is 16.1. The van der Waals surface area contributed by atoms with Gasteiger partial charge >= 0.3 is 0 Å². The third kappa shape index (κ3) is 3.48. The largest absolute Gasteiger partial charge is 0.315 e. The highest BCUT2D eigenvalue weighted by Gasteiger charge is 2.47. The summed E-state index contributed by atoms with van der Waals surface area (Å²) in [6.07, 6.45) is 0. The van der Waals surface area contributed by atoms with E-state index >= 15 is 0 Å². The molecule has 0 saturated carbocycles. The Hall–Kier alpha value is -1.57. The Morgan fingerprint density at radius 1 is 1.15 bits per heavy atom. The van der Waals surface area contributed by atoms with Crippen LogP contribution in [0.4, 0.5) is 10.1 Å². The zero-order chi connectivity index (χ0) is 18.3. The molecule has 2 aliphatic rings. The van der Waals surface area contributed by atoms with Gasteiger partial charge in [-0.1, -0.05) is 41.6 Å². The summed E-state index contributed by atoms with van der Waals surface area (Å²) in [6.45, 7) is 0. The van der Waals surface area contributed by atoms with Crippen LogP contribution in [0, 0.1) is 5.82 Å². The van der Waals surface area contributed by atoms with Crippen LogP contribution in [-0.2, 0) is 15.6 Å². The number of thioether (sulfide) groups is 1. The quantitative estimate of drug-likeness (QED) is 0.773. The molecule has 136 valence electrons. The van der Waals surface area contributed by atoms with Crippen LogP contribution in [0.25, 0.3) is 0 Å². The van der Waals surface area contributed by atoms with E-state index in [1.54, 1.807) is 12.1 Å². The van der Waals surface area contributed by atoms with E-state index in [-0.39, 0.29) is 29.4 Å². The van der Waals surface area contributed by atoms with Crippen molar-refractivity contribution in [1.82, 2.24) is 0 Å². The van der Waals surface area contributed by atoms with E-state index in [9.17, 15) is 12.8 Å². The van der Waals surface area contributed by atoms with Gasteiger partial charge in [0.1, 0.15) is 5.82 Å². The number of hydrogen-bond acceptors (Lipinski definition) is 5. The van der Waals surface area contributed by atoms with Crippen LogP contribution in [0.3, 0.4) is 0 Å². The van der Waals surface area contributed by atoms with Crippen LogP contribution in [0.2, 0.25) is 5.02 Å². The number of fused-ring (bicyclic) bond motifs is 1. The summed E-state index contributed by atoms with van der Waals surface area (Å²) in [5, 5.41) is 1.44. The topological polar surface area (TPSA) is 49.7 Å². The van der Waals surface area contributed by atoms with E-state index in [0.717, 1.165) is 16.4 Å². The normalized spacial score (nSPS) is 23.8. The van der Waals surface area contributed by atoms with Gasteiger partial charge in [-0.05, 0) is 35.9 Å². The Morgan fingerprint density at radius 3 is 2.62 bits per heavy atom. The molecule has 0 N–H and O–H groups in total. The second-order valence-electron chi connectivity index (χ2n) is 6.35. The maximum Gasteiger partial charge on any atom is 0.164 e. The first-order chi connectivity index (χ1) is 12.4. The summed E-state index contributed by atoms with van der Waals surface area (Å²) in [6, 6.07) is 13.2. The minimum absolute atomic E-state index is 0.0610. The standard InChI is InChI=1S/C18H16ClFN2O2S2/c19-15-4-2-1-3-12(15)9-25-18-21-16-10-26(23,24)11-17(16)22(18)14-7-5-13(20)6-8-14/h1-8,16-17H,9-11H2/t16-,17+/m0/s1. The molecule has 4 rings (SSSR count). The van der Waals surface area contributed by atoms with Crippen LogP contribution in [0.15, 0.2) is 53.5 Å². The third-order valence-electron chi connectivity index (χ3n) is 4.53. The van der Waals surface area contributed by atoms with Gasteiger partial charge in [-0.2, -0.15) is 0 Å². The summed E-state index contributed by atoms with van der Waals surface area (Å²) in [7, 11) is -3.11. The van der Waals surface area contributed by atoms with Gasteiger partial charge < -0.3 is 4.90 Å². The Labute approximate surface area is 161 Å². The third-order valence-corrected chi connectivity index (χ3v) is 7.61. The fourth-order valence-electron chi connectivity index (χ4n) is 3.29. The lowest BCUT2D eigenvalue weighted by atomic mass is 10.1. The number of nitrogens with zero attached hydrogens (tertiary/aromatic N) is 2. The molecule has 0 unspecified atom stereocenters. The van der Waals surface area contributed by atoms with Crippen molar-refractivity contribution in [2.45, 2.75) is 17.8 Å². The molecule has 8 heteroatoms. The minimum atomic E-state index is -3.11. The number of benzene rings is 2. The van der Waals surface area contributed by atoms with Gasteiger partial charge in [0.2, 0.25) is 0 Å². The van der Waals surface area contributed by atoms with Gasteiger partial charge in [-0.3, -0.25) is 4.99 Å². The number of hydrogen-bond donors (Lipinski definition) is 0. The summed E-state index contributed by atoms with van der Waals surface area (Å²) in [4.78, 5) is 6.59. The molecule has 1 fully saturated rings. The molecule has 0 amide bonds. The maximum atomic E-state index is 13.3. The maximum absolute atomic E-state index is 13.3. The molecule has 2 aromatic rings. The average Bonchev–Trinajstić information content (AvgIpc) is 3.06. The van der Waals surface area contributed by atoms with Crippen molar-refractivity contribution in [1.29, 1.82) is 0 Å². The summed E-state index contributed by atoms with van der Waals surface area (Å²) in [5.74, 6) is 0.425. The fraction of sp³-hybridized carbons (Fsp3) is 0.278. The molecule has 1 saturated heterocycles. The van der Waals surface area contributed by atoms with Crippen LogP contribution >= 0.6 is 23.4 Å². The SMILES string of the molecule is O=S1(=O)C[C@@H]2N=C(SCc3ccccc3Cl)N(c3ccc(F)cc3)[C@@H]2C1. The van der Waals surface area contributed by atoms with Gasteiger partial charge in [0, 0.05) is 16.5 Å². The van der Waals surface area contributed by atoms with Crippen molar-refractivity contribution in [3.05, 3.63) is 64.9 Å². The van der Waals surface area contributed by atoms with Crippen LogP contribution in [0.1, 0.15) is 5.56 Å². The highest BCUT2D eigenvalue weighted by atomic mass is 35.5. The van der Waals surface area contributed by atoms with Crippen LogP contribution < -0.4 is 4.90 Å². The van der Waals surface area contributed by atoms with E-state index in [1.165, 1.54) is 23.9 Å². The molecule has 0 bridgehead atoms. The van der Waals surface area contributed by atoms with E-state index < -0.39 is 9.84 Å². The Balaban J connectivity index is 1.63. The molecule has 26 heavy (non-hydrogen) atoms. The number of anilines is 1. The van der Waals surface area contributed by atoms with E-state index in [2.05, 4.69) is 4.99 Å². The number of rotatable bonds is 3. The second-order valence-corrected chi connectivity index (χ2v) is 9.85. The van der Waals surface area contributed by atoms with Crippen molar-refractivity contribution in [3.8, 4) is 0 Å². The number of halogens is 2. The second kappa shape index (κ2) is 6.87. The summed E-state index contributed by atoms with van der Waals surface area (Å²) in [5.41, 5.74) is 1.74. The predicted molar refractivity (Wildman–Crippen MR) is 105 cm³/mol. The molecule has 2 aliphatic heterocycles. The smallest absolute Gasteiger partial charge is 0.164 e. The fourth-order valence-corrected chi connectivity index (χ4v) is 6.55. The van der Waals surface area contributed by atoms with Crippen molar-refractivity contribution in [2.24, 2.45) is 4.99 Å². The first-order valence-corrected chi connectivity index (χ1v) is 11.3. The number of amidine groups is 1. The molecular formula is C18H16ClFN2O2S2. The highest BCUT2D eigenvalue weighted by Crippen LogP contribution is 2.36. The van der Waals surface area contributed by atoms with Crippen LogP contribution in [0.5, 0.6) is 0 Å². The molecule has 0 aromatic heterocycles. The van der Waals surface area contributed by atoms with E-state index in [4.69, 9.17) is 11.6 Å². The van der Waals surface area contributed by atoms with Gasteiger partial charge in [-0.25, -0.2) is 12.8 Å². The van der Waals surface area contributed by atoms with Gasteiger partial charge in [0.15, 0.2) is 15.0 Å². The minimum Gasteiger partial charge on any atom is -0.315 e. The zero-order valence-electron chi connectivity index (χ0n) is 13.7. The molecule has 2 aromatic carbocycles. The van der Waals surface area contributed by atoms with Crippen molar-refractivity contribution >= 4 is 44.1 Å². The van der Waals surface area contributed by atoms with Crippen molar-refractivity contribution < 1.29 is 12.8 Å². The molecule has 0 radical (unpaired) electrons. The lowest BCUT2D eigenvalue weighted by Crippen LogP contribution is -2.39. The Bertz CT molecular complexity index is 963. The van der Waals surface area contributed by atoms with E-state index in [0.29, 0.717) is 10.8 Å². The Morgan fingerprint density at radius 2 is 1.88 bits per heavy atom. The Kier molecular flexibility index (Phi) is 4.71. The monoisotopic (exact) mass is 410 g/mol. The summed E-state index contributed by atoms with van der Waals surface area (Å²) >= 11 is 7.74. The number of sulfone groups is 1.